The van der Waals surface area contributed by atoms with E-state index in [1.807, 2.05) is 43.3 Å². The van der Waals surface area contributed by atoms with Gasteiger partial charge in [-0.15, -0.1) is 0 Å². The van der Waals surface area contributed by atoms with Crippen LogP contribution in [0.4, 0.5) is 5.69 Å². The van der Waals surface area contributed by atoms with Crippen molar-refractivity contribution < 1.29 is 4.74 Å². The molecule has 18 heavy (non-hydrogen) atoms. The Morgan fingerprint density at radius 2 is 2.00 bits per heavy atom. The van der Waals surface area contributed by atoms with E-state index in [9.17, 15) is 0 Å². The number of nitrogens with two attached hydrogens (primary N) is 1. The van der Waals surface area contributed by atoms with E-state index in [1.54, 1.807) is 0 Å². The van der Waals surface area contributed by atoms with Crippen molar-refractivity contribution in [3.63, 3.8) is 0 Å². The van der Waals surface area contributed by atoms with Gasteiger partial charge in [0.05, 0.1) is 5.69 Å². The minimum atomic E-state index is 0.403. The fraction of sp³-hybridized carbons (Fsp3) is 0.143. The summed E-state index contributed by atoms with van der Waals surface area (Å²) in [6.45, 7) is 2.40. The summed E-state index contributed by atoms with van der Waals surface area (Å²) >= 11 is 9.49. The summed E-state index contributed by atoms with van der Waals surface area (Å²) in [5, 5.41) is 0.676. The lowest BCUT2D eigenvalue weighted by atomic mass is 10.2. The topological polar surface area (TPSA) is 35.2 Å². The molecule has 2 aromatic rings. The molecule has 0 spiro atoms. The van der Waals surface area contributed by atoms with Crippen LogP contribution in [0.5, 0.6) is 5.75 Å². The summed E-state index contributed by atoms with van der Waals surface area (Å²) in [6, 6.07) is 11.4. The maximum atomic E-state index is 6.13. The van der Waals surface area contributed by atoms with E-state index in [2.05, 4.69) is 15.9 Å². The van der Waals surface area contributed by atoms with Crippen molar-refractivity contribution >= 4 is 33.2 Å². The van der Waals surface area contributed by atoms with Crippen molar-refractivity contribution in [2.45, 2.75) is 13.5 Å². The van der Waals surface area contributed by atoms with Crippen LogP contribution < -0.4 is 10.5 Å². The Morgan fingerprint density at radius 1 is 1.22 bits per heavy atom. The van der Waals surface area contributed by atoms with Crippen molar-refractivity contribution in [1.29, 1.82) is 0 Å². The smallest absolute Gasteiger partial charge is 0.142 e. The molecule has 0 aliphatic rings. The summed E-state index contributed by atoms with van der Waals surface area (Å²) in [5.74, 6) is 0.689. The van der Waals surface area contributed by atoms with E-state index in [0.29, 0.717) is 23.1 Å². The Morgan fingerprint density at radius 3 is 2.72 bits per heavy atom. The summed E-state index contributed by atoms with van der Waals surface area (Å²) in [4.78, 5) is 0. The zero-order valence-electron chi connectivity index (χ0n) is 9.91. The molecule has 2 rings (SSSR count). The predicted molar refractivity (Wildman–Crippen MR) is 79.1 cm³/mol. The number of hydrogen-bond donors (Lipinski definition) is 1. The predicted octanol–water partition coefficient (Wildman–Crippen LogP) is 4.57. The zero-order valence-corrected chi connectivity index (χ0v) is 12.3. The van der Waals surface area contributed by atoms with Crippen LogP contribution in [0, 0.1) is 6.92 Å². The third-order valence-electron chi connectivity index (χ3n) is 2.57. The van der Waals surface area contributed by atoms with Gasteiger partial charge in [-0.3, -0.25) is 0 Å². The molecule has 2 N–H and O–H groups in total. The first kappa shape index (κ1) is 13.2. The molecular weight excluding hydrogens is 314 g/mol. The Kier molecular flexibility index (Phi) is 4.15. The second-order valence-corrected chi connectivity index (χ2v) is 5.39. The third kappa shape index (κ3) is 3.18. The molecular formula is C14H13BrClNO. The summed E-state index contributed by atoms with van der Waals surface area (Å²) < 4.78 is 6.65. The van der Waals surface area contributed by atoms with Crippen LogP contribution in [0.2, 0.25) is 5.02 Å². The highest BCUT2D eigenvalue weighted by atomic mass is 79.9. The first-order chi connectivity index (χ1) is 8.56. The van der Waals surface area contributed by atoms with E-state index in [4.69, 9.17) is 22.1 Å². The van der Waals surface area contributed by atoms with Gasteiger partial charge in [0.15, 0.2) is 0 Å². The molecule has 94 valence electrons. The molecule has 0 aliphatic heterocycles. The van der Waals surface area contributed by atoms with Crippen LogP contribution in [-0.4, -0.2) is 0 Å². The molecule has 0 bridgehead atoms. The second kappa shape index (κ2) is 5.63. The largest absolute Gasteiger partial charge is 0.487 e. The van der Waals surface area contributed by atoms with Gasteiger partial charge in [0.1, 0.15) is 12.4 Å². The van der Waals surface area contributed by atoms with Crippen molar-refractivity contribution in [1.82, 2.24) is 0 Å². The Hall–Kier alpha value is -1.19. The average Bonchev–Trinajstić information content (AvgIpc) is 2.32. The van der Waals surface area contributed by atoms with Gasteiger partial charge in [-0.05, 0) is 36.8 Å². The first-order valence-corrected chi connectivity index (χ1v) is 6.66. The van der Waals surface area contributed by atoms with Gasteiger partial charge in [0, 0.05) is 15.1 Å². The lowest BCUT2D eigenvalue weighted by Gasteiger charge is -2.11. The molecule has 0 saturated heterocycles. The standard InChI is InChI=1S/C14H13BrClNO/c1-9-2-5-13(17)14(6-9)18-8-10-3-4-11(15)7-12(10)16/h2-7H,8,17H2,1H3. The van der Waals surface area contributed by atoms with Crippen molar-refractivity contribution in [2.24, 2.45) is 0 Å². The highest BCUT2D eigenvalue weighted by molar-refractivity contribution is 9.10. The van der Waals surface area contributed by atoms with Crippen LogP contribution in [0.3, 0.4) is 0 Å². The molecule has 0 heterocycles. The molecule has 0 saturated carbocycles. The molecule has 0 amide bonds. The van der Waals surface area contributed by atoms with Gasteiger partial charge < -0.3 is 10.5 Å². The first-order valence-electron chi connectivity index (χ1n) is 5.49. The number of benzene rings is 2. The molecule has 4 heteroatoms. The molecule has 0 fully saturated rings. The molecule has 0 radical (unpaired) electrons. The summed E-state index contributed by atoms with van der Waals surface area (Å²) in [7, 11) is 0. The van der Waals surface area contributed by atoms with Crippen LogP contribution in [0.15, 0.2) is 40.9 Å². The SMILES string of the molecule is Cc1ccc(N)c(OCc2ccc(Br)cc2Cl)c1. The van der Waals surface area contributed by atoms with Gasteiger partial charge in [-0.2, -0.15) is 0 Å². The maximum Gasteiger partial charge on any atom is 0.142 e. The number of hydrogen-bond acceptors (Lipinski definition) is 2. The lowest BCUT2D eigenvalue weighted by molar-refractivity contribution is 0.308. The van der Waals surface area contributed by atoms with Crippen LogP contribution in [0.25, 0.3) is 0 Å². The van der Waals surface area contributed by atoms with Crippen molar-refractivity contribution in [3.8, 4) is 5.75 Å². The van der Waals surface area contributed by atoms with Crippen LogP contribution in [-0.2, 0) is 6.61 Å². The van der Waals surface area contributed by atoms with Crippen LogP contribution in [0.1, 0.15) is 11.1 Å². The molecule has 0 aromatic heterocycles. The Labute approximate surface area is 120 Å². The summed E-state index contributed by atoms with van der Waals surface area (Å²) in [6.07, 6.45) is 0. The molecule has 0 aliphatic carbocycles. The highest BCUT2D eigenvalue weighted by Crippen LogP contribution is 2.26. The van der Waals surface area contributed by atoms with Gasteiger partial charge >= 0.3 is 0 Å². The number of halogens is 2. The quantitative estimate of drug-likeness (QED) is 0.838. The van der Waals surface area contributed by atoms with Gasteiger partial charge in [-0.1, -0.05) is 39.7 Å². The fourth-order valence-electron chi connectivity index (χ4n) is 1.56. The number of ether oxygens (including phenoxy) is 1. The summed E-state index contributed by atoms with van der Waals surface area (Å²) in [5.41, 5.74) is 8.53. The molecule has 2 aromatic carbocycles. The molecule has 0 atom stereocenters. The number of nitrogen functional groups attached to an aromatic ring is 1. The Balaban J connectivity index is 2.13. The van der Waals surface area contributed by atoms with Gasteiger partial charge in [0.2, 0.25) is 0 Å². The van der Waals surface area contributed by atoms with Gasteiger partial charge in [-0.25, -0.2) is 0 Å². The number of aryl methyl sites for hydroxylation is 1. The number of anilines is 1. The van der Waals surface area contributed by atoms with Crippen LogP contribution >= 0.6 is 27.5 Å². The van der Waals surface area contributed by atoms with E-state index in [1.165, 1.54) is 0 Å². The zero-order chi connectivity index (χ0) is 13.1. The molecule has 2 nitrogen and oxygen atoms in total. The highest BCUT2D eigenvalue weighted by Gasteiger charge is 2.04. The Bertz CT molecular complexity index is 572. The average molecular weight is 327 g/mol. The number of rotatable bonds is 3. The van der Waals surface area contributed by atoms with Crippen molar-refractivity contribution in [3.05, 3.63) is 57.0 Å². The normalized spacial score (nSPS) is 10.4. The van der Waals surface area contributed by atoms with E-state index >= 15 is 0 Å². The lowest BCUT2D eigenvalue weighted by Crippen LogP contribution is -1.99. The minimum absolute atomic E-state index is 0.403. The monoisotopic (exact) mass is 325 g/mol. The van der Waals surface area contributed by atoms with E-state index < -0.39 is 0 Å². The maximum absolute atomic E-state index is 6.13. The third-order valence-corrected chi connectivity index (χ3v) is 3.41. The van der Waals surface area contributed by atoms with E-state index in [0.717, 1.165) is 15.6 Å². The minimum Gasteiger partial charge on any atom is -0.487 e. The van der Waals surface area contributed by atoms with Crippen molar-refractivity contribution in [2.75, 3.05) is 5.73 Å². The molecule has 0 unspecified atom stereocenters. The second-order valence-electron chi connectivity index (χ2n) is 4.07. The van der Waals surface area contributed by atoms with Gasteiger partial charge in [0.25, 0.3) is 0 Å². The fourth-order valence-corrected chi connectivity index (χ4v) is 2.29. The van der Waals surface area contributed by atoms with E-state index in [-0.39, 0.29) is 0 Å².